The maximum Gasteiger partial charge on any atom is 0.236 e. The number of carbonyl (C=O) groups is 2. The van der Waals surface area contributed by atoms with Gasteiger partial charge in [-0.1, -0.05) is 0 Å². The molecule has 0 spiro atoms. The van der Waals surface area contributed by atoms with Crippen LogP contribution in [0.25, 0.3) is 0 Å². The van der Waals surface area contributed by atoms with Gasteiger partial charge >= 0.3 is 0 Å². The zero-order valence-corrected chi connectivity index (χ0v) is 8.82. The number of halogens is 1. The third kappa shape index (κ3) is 1.55. The maximum atomic E-state index is 11.4. The molecule has 0 aromatic carbocycles. The molecule has 4 nitrogen and oxygen atoms in total. The van der Waals surface area contributed by atoms with Crippen LogP contribution in [0.1, 0.15) is 6.42 Å². The van der Waals surface area contributed by atoms with Gasteiger partial charge < -0.3 is 0 Å². The van der Waals surface area contributed by atoms with Crippen LogP contribution >= 0.6 is 15.9 Å². The van der Waals surface area contributed by atoms with Crippen molar-refractivity contribution < 1.29 is 9.59 Å². The summed E-state index contributed by atoms with van der Waals surface area (Å²) in [5.74, 6) is 0.269. The fourth-order valence-electron chi connectivity index (χ4n) is 1.35. The van der Waals surface area contributed by atoms with E-state index in [1.165, 1.54) is 4.90 Å². The topological polar surface area (TPSA) is 50.3 Å². The van der Waals surface area contributed by atoms with Crippen LogP contribution in [0.4, 0.5) is 5.82 Å². The van der Waals surface area contributed by atoms with Crippen molar-refractivity contribution in [2.75, 3.05) is 11.4 Å². The summed E-state index contributed by atoms with van der Waals surface area (Å²) in [6, 6.07) is 3.55. The Morgan fingerprint density at radius 1 is 1.43 bits per heavy atom. The predicted molar refractivity (Wildman–Crippen MR) is 53.9 cm³/mol. The molecule has 1 fully saturated rings. The summed E-state index contributed by atoms with van der Waals surface area (Å²) >= 11 is 3.29. The maximum absolute atomic E-state index is 11.4. The average Bonchev–Trinajstić information content (AvgIpc) is 2.46. The highest BCUT2D eigenvalue weighted by Gasteiger charge is 2.30. The first-order valence-corrected chi connectivity index (χ1v) is 4.90. The van der Waals surface area contributed by atoms with Gasteiger partial charge in [-0.3, -0.25) is 14.5 Å². The Morgan fingerprint density at radius 3 is 2.79 bits per heavy atom. The number of amides is 1. The van der Waals surface area contributed by atoms with Gasteiger partial charge in [-0.05, 0) is 28.1 Å². The van der Waals surface area contributed by atoms with Gasteiger partial charge in [0.05, 0.1) is 17.4 Å². The molecule has 2 heterocycles. The van der Waals surface area contributed by atoms with Crippen LogP contribution in [0.2, 0.25) is 0 Å². The lowest BCUT2D eigenvalue weighted by atomic mass is 10.3. The molecule has 5 heteroatoms. The van der Waals surface area contributed by atoms with Gasteiger partial charge in [-0.2, -0.15) is 0 Å². The number of carbonyl (C=O) groups excluding carboxylic acids is 2. The van der Waals surface area contributed by atoms with Gasteiger partial charge in [-0.15, -0.1) is 0 Å². The van der Waals surface area contributed by atoms with E-state index in [2.05, 4.69) is 20.9 Å². The Kier molecular flexibility index (Phi) is 2.33. The number of aromatic nitrogens is 1. The van der Waals surface area contributed by atoms with Gasteiger partial charge in [0.25, 0.3) is 0 Å². The summed E-state index contributed by atoms with van der Waals surface area (Å²) in [6.45, 7) is 0.133. The molecule has 2 rings (SSSR count). The molecule has 1 saturated heterocycles. The highest BCUT2D eigenvalue weighted by Crippen LogP contribution is 2.25. The Morgan fingerprint density at radius 2 is 2.21 bits per heavy atom. The second-order valence-electron chi connectivity index (χ2n) is 3.00. The monoisotopic (exact) mass is 254 g/mol. The molecule has 0 N–H and O–H groups in total. The molecule has 1 aromatic heterocycles. The van der Waals surface area contributed by atoms with Crippen molar-refractivity contribution in [3.63, 3.8) is 0 Å². The first kappa shape index (κ1) is 9.33. The molecule has 1 amide bonds. The zero-order valence-electron chi connectivity index (χ0n) is 7.24. The fraction of sp³-hybridized carbons (Fsp3) is 0.222. The number of hydrogen-bond acceptors (Lipinski definition) is 3. The molecule has 0 bridgehead atoms. The minimum absolute atomic E-state index is 0.0109. The summed E-state index contributed by atoms with van der Waals surface area (Å²) in [7, 11) is 0. The van der Waals surface area contributed by atoms with E-state index in [-0.39, 0.29) is 24.7 Å². The van der Waals surface area contributed by atoms with Gasteiger partial charge in [0.2, 0.25) is 5.91 Å². The van der Waals surface area contributed by atoms with Crippen molar-refractivity contribution in [2.45, 2.75) is 6.42 Å². The van der Waals surface area contributed by atoms with Crippen molar-refractivity contribution in [1.82, 2.24) is 4.98 Å². The van der Waals surface area contributed by atoms with E-state index in [9.17, 15) is 9.59 Å². The first-order chi connectivity index (χ1) is 6.68. The highest BCUT2D eigenvalue weighted by molar-refractivity contribution is 9.10. The van der Waals surface area contributed by atoms with Gasteiger partial charge in [0.1, 0.15) is 5.82 Å². The number of Topliss-reactive ketones (excluding diaryl/α,β-unsaturated/α-hetero) is 1. The van der Waals surface area contributed by atoms with Gasteiger partial charge in [0.15, 0.2) is 5.78 Å². The van der Waals surface area contributed by atoms with Crippen molar-refractivity contribution in [1.29, 1.82) is 0 Å². The second-order valence-corrected chi connectivity index (χ2v) is 3.86. The minimum atomic E-state index is -0.186. The standard InChI is InChI=1S/C9H7BrN2O2/c10-7-2-1-3-11-9(7)12-5-6(13)4-8(12)14/h1-3H,4-5H2. The van der Waals surface area contributed by atoms with E-state index in [1.54, 1.807) is 18.3 Å². The van der Waals surface area contributed by atoms with Crippen molar-refractivity contribution in [3.05, 3.63) is 22.8 Å². The Balaban J connectivity index is 2.36. The molecule has 0 radical (unpaired) electrons. The van der Waals surface area contributed by atoms with E-state index >= 15 is 0 Å². The Hall–Kier alpha value is -1.23. The predicted octanol–water partition coefficient (Wildman–Crippen LogP) is 1.15. The number of rotatable bonds is 1. The minimum Gasteiger partial charge on any atom is -0.297 e. The van der Waals surface area contributed by atoms with Crippen LogP contribution in [0.5, 0.6) is 0 Å². The summed E-state index contributed by atoms with van der Waals surface area (Å²) in [5, 5.41) is 0. The Bertz CT molecular complexity index is 406. The van der Waals surface area contributed by atoms with E-state index in [0.717, 1.165) is 4.47 Å². The average molecular weight is 255 g/mol. The van der Waals surface area contributed by atoms with Crippen molar-refractivity contribution in [2.24, 2.45) is 0 Å². The van der Waals surface area contributed by atoms with Crippen LogP contribution in [-0.2, 0) is 9.59 Å². The number of pyridine rings is 1. The molecule has 1 aliphatic rings. The lowest BCUT2D eigenvalue weighted by Gasteiger charge is -2.14. The number of nitrogens with zero attached hydrogens (tertiary/aromatic N) is 2. The number of hydrogen-bond donors (Lipinski definition) is 0. The van der Waals surface area contributed by atoms with Gasteiger partial charge in [0, 0.05) is 6.20 Å². The third-order valence-electron chi connectivity index (χ3n) is 1.98. The smallest absolute Gasteiger partial charge is 0.236 e. The largest absolute Gasteiger partial charge is 0.297 e. The molecule has 0 unspecified atom stereocenters. The molecule has 14 heavy (non-hydrogen) atoms. The summed E-state index contributed by atoms with van der Waals surface area (Å²) in [6.07, 6.45) is 1.58. The van der Waals surface area contributed by atoms with E-state index in [0.29, 0.717) is 5.82 Å². The summed E-state index contributed by atoms with van der Waals surface area (Å²) in [4.78, 5) is 27.9. The zero-order chi connectivity index (χ0) is 10.1. The van der Waals surface area contributed by atoms with Crippen molar-refractivity contribution >= 4 is 33.4 Å². The van der Waals surface area contributed by atoms with Crippen LogP contribution in [-0.4, -0.2) is 23.2 Å². The quantitative estimate of drug-likeness (QED) is 0.707. The van der Waals surface area contributed by atoms with Crippen molar-refractivity contribution in [3.8, 4) is 0 Å². The van der Waals surface area contributed by atoms with Crippen LogP contribution in [0.3, 0.4) is 0 Å². The normalized spacial score (nSPS) is 16.5. The Labute approximate surface area is 89.1 Å². The van der Waals surface area contributed by atoms with E-state index in [1.807, 2.05) is 0 Å². The third-order valence-corrected chi connectivity index (χ3v) is 2.60. The second kappa shape index (κ2) is 3.49. The molecular weight excluding hydrogens is 248 g/mol. The number of ketones is 1. The number of anilines is 1. The molecule has 0 atom stereocenters. The molecular formula is C9H7BrN2O2. The summed E-state index contributed by atoms with van der Waals surface area (Å²) in [5.41, 5.74) is 0. The van der Waals surface area contributed by atoms with Crippen LogP contribution in [0, 0.1) is 0 Å². The van der Waals surface area contributed by atoms with Crippen LogP contribution < -0.4 is 4.90 Å². The highest BCUT2D eigenvalue weighted by atomic mass is 79.9. The lowest BCUT2D eigenvalue weighted by molar-refractivity contribution is -0.121. The van der Waals surface area contributed by atoms with Crippen LogP contribution in [0.15, 0.2) is 22.8 Å². The molecule has 1 aromatic rings. The SMILES string of the molecule is O=C1CC(=O)N(c2ncccc2Br)C1. The lowest BCUT2D eigenvalue weighted by Crippen LogP contribution is -2.25. The van der Waals surface area contributed by atoms with Gasteiger partial charge in [-0.25, -0.2) is 4.98 Å². The van der Waals surface area contributed by atoms with E-state index < -0.39 is 0 Å². The first-order valence-electron chi connectivity index (χ1n) is 4.11. The molecule has 1 aliphatic heterocycles. The molecule has 0 saturated carbocycles. The van der Waals surface area contributed by atoms with E-state index in [4.69, 9.17) is 0 Å². The fourth-order valence-corrected chi connectivity index (χ4v) is 1.82. The summed E-state index contributed by atoms with van der Waals surface area (Å²) < 4.78 is 0.725. The molecule has 72 valence electrons. The molecule has 0 aliphatic carbocycles.